The fraction of sp³-hybridized carbons (Fsp3) is 0.579. The van der Waals surface area contributed by atoms with E-state index in [0.717, 1.165) is 19.3 Å². The quantitative estimate of drug-likeness (QED) is 0.814. The average molecular weight is 430 g/mol. The van der Waals surface area contributed by atoms with Crippen LogP contribution in [0.5, 0.6) is 0 Å². The van der Waals surface area contributed by atoms with E-state index in [1.54, 1.807) is 0 Å². The molecule has 151 valence electrons. The first-order valence-electron chi connectivity index (χ1n) is 9.33. The van der Waals surface area contributed by atoms with Gasteiger partial charge in [0.05, 0.1) is 6.54 Å². The smallest absolute Gasteiger partial charge is 0.330 e. The van der Waals surface area contributed by atoms with Crippen molar-refractivity contribution in [3.8, 4) is 0 Å². The van der Waals surface area contributed by atoms with Crippen molar-refractivity contribution in [2.45, 2.75) is 56.9 Å². The second-order valence-corrected chi connectivity index (χ2v) is 7.81. The van der Waals surface area contributed by atoms with Gasteiger partial charge in [-0.05, 0) is 31.7 Å². The van der Waals surface area contributed by atoms with Crippen LogP contribution in [0.4, 0.5) is 13.2 Å². The van der Waals surface area contributed by atoms with E-state index in [-0.39, 0.29) is 30.5 Å². The average Bonchev–Trinajstić information content (AvgIpc) is 3.26. The van der Waals surface area contributed by atoms with Crippen molar-refractivity contribution in [1.82, 2.24) is 19.7 Å². The summed E-state index contributed by atoms with van der Waals surface area (Å²) in [6.45, 7) is 3.91. The van der Waals surface area contributed by atoms with Gasteiger partial charge in [0.2, 0.25) is 5.82 Å². The second kappa shape index (κ2) is 7.82. The normalized spacial score (nSPS) is 25.4. The van der Waals surface area contributed by atoms with Gasteiger partial charge >= 0.3 is 6.18 Å². The summed E-state index contributed by atoms with van der Waals surface area (Å²) in [6, 6.07) is 8.80. The molecule has 2 aromatic rings. The summed E-state index contributed by atoms with van der Waals surface area (Å²) in [6.07, 6.45) is -1.55. The van der Waals surface area contributed by atoms with E-state index in [9.17, 15) is 13.2 Å². The van der Waals surface area contributed by atoms with Gasteiger partial charge < -0.3 is 10.3 Å². The number of hydrogen-bond acceptors (Lipinski definition) is 4. The Balaban J connectivity index is 0.00000225. The zero-order valence-electron chi connectivity index (χ0n) is 15.8. The minimum Gasteiger partial charge on any atom is -0.330 e. The molecule has 0 bridgehead atoms. The van der Waals surface area contributed by atoms with Crippen LogP contribution in [0.15, 0.2) is 24.3 Å². The molecule has 9 heteroatoms. The number of rotatable bonds is 3. The van der Waals surface area contributed by atoms with Gasteiger partial charge in [-0.15, -0.1) is 10.2 Å². The maximum atomic E-state index is 13.0. The van der Waals surface area contributed by atoms with E-state index >= 15 is 0 Å². The zero-order chi connectivity index (χ0) is 19.2. The van der Waals surface area contributed by atoms with Crippen LogP contribution in [0, 0.1) is 6.92 Å². The third-order valence-electron chi connectivity index (χ3n) is 6.16. The topological polar surface area (TPSA) is 60.0 Å². The fourth-order valence-corrected chi connectivity index (χ4v) is 4.65. The van der Waals surface area contributed by atoms with Crippen LogP contribution in [0.25, 0.3) is 0 Å². The molecule has 0 spiro atoms. The summed E-state index contributed by atoms with van der Waals surface area (Å²) in [7, 11) is 0. The molecule has 1 aliphatic heterocycles. The molecule has 1 radical (unpaired) electrons. The number of aromatic nitrogens is 3. The predicted octanol–water partition coefficient (Wildman–Crippen LogP) is 2.87. The Kier molecular flexibility index (Phi) is 5.97. The Morgan fingerprint density at radius 1 is 1.25 bits per heavy atom. The van der Waals surface area contributed by atoms with Crippen LogP contribution < -0.4 is 5.73 Å². The van der Waals surface area contributed by atoms with Gasteiger partial charge in [-0.3, -0.25) is 4.90 Å². The molecule has 0 saturated heterocycles. The minimum atomic E-state index is -4.46. The summed E-state index contributed by atoms with van der Waals surface area (Å²) < 4.78 is 40.3. The number of alkyl halides is 3. The molecule has 28 heavy (non-hydrogen) atoms. The van der Waals surface area contributed by atoms with E-state index in [2.05, 4.69) is 46.3 Å². The number of nitrogens with two attached hydrogens (primary N) is 1. The van der Waals surface area contributed by atoms with E-state index in [1.165, 1.54) is 15.7 Å². The summed E-state index contributed by atoms with van der Waals surface area (Å²) in [4.78, 5) is 2.25. The van der Waals surface area contributed by atoms with E-state index in [0.29, 0.717) is 31.5 Å². The largest absolute Gasteiger partial charge is 0.451 e. The molecular formula is C19H24F3N5V. The van der Waals surface area contributed by atoms with Gasteiger partial charge in [0.1, 0.15) is 5.82 Å². The van der Waals surface area contributed by atoms with Crippen LogP contribution in [-0.2, 0) is 43.2 Å². The van der Waals surface area contributed by atoms with Gasteiger partial charge in [0, 0.05) is 49.6 Å². The minimum absolute atomic E-state index is 0. The van der Waals surface area contributed by atoms with Crippen molar-refractivity contribution in [2.75, 3.05) is 13.1 Å². The number of fused-ring (bicyclic) bond motifs is 1. The van der Waals surface area contributed by atoms with Gasteiger partial charge in [-0.2, -0.15) is 13.2 Å². The van der Waals surface area contributed by atoms with Crippen LogP contribution >= 0.6 is 0 Å². The Bertz CT molecular complexity index is 837. The molecular weight excluding hydrogens is 406 g/mol. The summed E-state index contributed by atoms with van der Waals surface area (Å²) in [5.41, 5.74) is 8.63. The Hall–Kier alpha value is -1.35. The third kappa shape index (κ3) is 3.75. The Morgan fingerprint density at radius 2 is 2.04 bits per heavy atom. The SMILES string of the molecule is Cc1cccc(C2(CN)CCC(N3CCn4c(nnc4C(F)(F)F)C3)C2)c1.[V]. The standard InChI is InChI=1S/C19H24F3N5.V/c1-13-3-2-4-14(9-13)18(12-23)6-5-15(10-18)26-7-8-27-16(11-26)24-25-17(27)19(20,21)22;/h2-4,9,15H,5-8,10-12,23H2,1H3;. The molecule has 2 atom stereocenters. The zero-order valence-corrected chi connectivity index (χ0v) is 17.2. The van der Waals surface area contributed by atoms with Crippen molar-refractivity contribution in [3.63, 3.8) is 0 Å². The molecule has 4 rings (SSSR count). The first kappa shape index (κ1) is 21.4. The first-order valence-corrected chi connectivity index (χ1v) is 9.33. The summed E-state index contributed by atoms with van der Waals surface area (Å²) >= 11 is 0. The number of aryl methyl sites for hydroxylation is 1. The molecule has 1 saturated carbocycles. The monoisotopic (exact) mass is 430 g/mol. The molecule has 1 fully saturated rings. The predicted molar refractivity (Wildman–Crippen MR) is 95.0 cm³/mol. The Morgan fingerprint density at radius 3 is 2.71 bits per heavy atom. The molecule has 0 amide bonds. The van der Waals surface area contributed by atoms with E-state index in [1.807, 2.05) is 0 Å². The molecule has 2 heterocycles. The maximum absolute atomic E-state index is 13.0. The molecule has 2 aliphatic rings. The van der Waals surface area contributed by atoms with E-state index in [4.69, 9.17) is 5.73 Å². The third-order valence-corrected chi connectivity index (χ3v) is 6.16. The molecule has 5 nitrogen and oxygen atoms in total. The van der Waals surface area contributed by atoms with Crippen LogP contribution in [-0.4, -0.2) is 38.8 Å². The van der Waals surface area contributed by atoms with Gasteiger partial charge in [0.25, 0.3) is 0 Å². The summed E-state index contributed by atoms with van der Waals surface area (Å²) in [5.74, 6) is -0.492. The maximum Gasteiger partial charge on any atom is 0.451 e. The van der Waals surface area contributed by atoms with Crippen LogP contribution in [0.3, 0.4) is 0 Å². The second-order valence-electron chi connectivity index (χ2n) is 7.81. The molecule has 2 N–H and O–H groups in total. The van der Waals surface area contributed by atoms with Crippen molar-refractivity contribution < 1.29 is 31.7 Å². The molecule has 1 aromatic carbocycles. The molecule has 1 aliphatic carbocycles. The van der Waals surface area contributed by atoms with Crippen LogP contribution in [0.1, 0.15) is 42.0 Å². The van der Waals surface area contributed by atoms with Crippen molar-refractivity contribution >= 4 is 0 Å². The van der Waals surface area contributed by atoms with Crippen molar-refractivity contribution in [3.05, 3.63) is 47.0 Å². The number of nitrogens with zero attached hydrogens (tertiary/aromatic N) is 4. The van der Waals surface area contributed by atoms with Gasteiger partial charge in [-0.25, -0.2) is 0 Å². The molecule has 1 aromatic heterocycles. The number of hydrogen-bond donors (Lipinski definition) is 1. The van der Waals surface area contributed by atoms with E-state index < -0.39 is 12.0 Å². The fourth-order valence-electron chi connectivity index (χ4n) is 4.65. The number of benzene rings is 1. The molecule has 2 unspecified atom stereocenters. The van der Waals surface area contributed by atoms with Crippen molar-refractivity contribution in [1.29, 1.82) is 0 Å². The first-order chi connectivity index (χ1) is 12.8. The number of halogens is 3. The van der Waals surface area contributed by atoms with Crippen LogP contribution in [0.2, 0.25) is 0 Å². The Labute approximate surface area is 174 Å². The summed E-state index contributed by atoms with van der Waals surface area (Å²) in [5, 5.41) is 7.17. The van der Waals surface area contributed by atoms with Crippen molar-refractivity contribution in [2.24, 2.45) is 5.73 Å². The van der Waals surface area contributed by atoms with Gasteiger partial charge in [0.15, 0.2) is 0 Å². The van der Waals surface area contributed by atoms with Gasteiger partial charge in [-0.1, -0.05) is 29.8 Å².